The molecule has 0 N–H and O–H groups in total. The highest BCUT2D eigenvalue weighted by molar-refractivity contribution is 5.21. The minimum Gasteiger partial charge on any atom is -0.378 e. The average Bonchev–Trinajstić information content (AvgIpc) is 3.13. The number of aryl methyl sites for hydroxylation is 1. The first-order valence-electron chi connectivity index (χ1n) is 10.2. The second-order valence-electron chi connectivity index (χ2n) is 8.24. The van der Waals surface area contributed by atoms with E-state index in [9.17, 15) is 8.78 Å². The summed E-state index contributed by atoms with van der Waals surface area (Å²) in [6.45, 7) is 2.03. The van der Waals surface area contributed by atoms with Gasteiger partial charge in [-0.1, -0.05) is 18.6 Å². The highest BCUT2D eigenvalue weighted by atomic mass is 19.1. The summed E-state index contributed by atoms with van der Waals surface area (Å²) in [7, 11) is 0. The summed E-state index contributed by atoms with van der Waals surface area (Å²) < 4.78 is 38.6. The van der Waals surface area contributed by atoms with Crippen molar-refractivity contribution >= 4 is 0 Å². The molecule has 2 aliphatic heterocycles. The van der Waals surface area contributed by atoms with Gasteiger partial charge in [-0.2, -0.15) is 0 Å². The first-order valence-corrected chi connectivity index (χ1v) is 10.2. The summed E-state index contributed by atoms with van der Waals surface area (Å²) in [5.74, 6) is -0.493. The number of hydrogen-bond donors (Lipinski definition) is 0. The minimum absolute atomic E-state index is 0.123. The molecule has 0 saturated carbocycles. The maximum atomic E-state index is 13.5. The first-order chi connectivity index (χ1) is 13.6. The molecule has 0 bridgehead atoms. The van der Waals surface area contributed by atoms with Crippen molar-refractivity contribution in [3.8, 4) is 0 Å². The maximum Gasteiger partial charge on any atom is 0.141 e. The van der Waals surface area contributed by atoms with Gasteiger partial charge in [-0.15, -0.1) is 0 Å². The molecule has 1 aromatic carbocycles. The Labute approximate surface area is 165 Å². The van der Waals surface area contributed by atoms with Crippen LogP contribution in [0.5, 0.6) is 0 Å². The number of nitrogens with zero attached hydrogens (tertiary/aromatic N) is 1. The molecular formula is C23H27F2NO2. The third kappa shape index (κ3) is 4.26. The minimum atomic E-state index is -0.309. The van der Waals surface area contributed by atoms with Gasteiger partial charge in [0.1, 0.15) is 11.6 Å². The molecule has 0 radical (unpaired) electrons. The van der Waals surface area contributed by atoms with Crippen LogP contribution < -0.4 is 0 Å². The first kappa shape index (κ1) is 19.5. The van der Waals surface area contributed by atoms with Crippen molar-refractivity contribution in [3.63, 3.8) is 0 Å². The van der Waals surface area contributed by atoms with Crippen LogP contribution in [-0.4, -0.2) is 30.4 Å². The largest absolute Gasteiger partial charge is 0.378 e. The molecule has 2 saturated heterocycles. The van der Waals surface area contributed by atoms with Crippen LogP contribution in [-0.2, 0) is 21.3 Å². The zero-order chi connectivity index (χ0) is 19.5. The summed E-state index contributed by atoms with van der Waals surface area (Å²) >= 11 is 0. The predicted molar refractivity (Wildman–Crippen MR) is 103 cm³/mol. The van der Waals surface area contributed by atoms with Gasteiger partial charge in [0, 0.05) is 30.7 Å². The molecule has 150 valence electrons. The molecule has 2 aromatic rings. The normalized spacial score (nSPS) is 27.4. The topological polar surface area (TPSA) is 31.4 Å². The number of pyridine rings is 1. The van der Waals surface area contributed by atoms with Crippen molar-refractivity contribution in [1.82, 2.24) is 4.98 Å². The van der Waals surface area contributed by atoms with Gasteiger partial charge in [0.25, 0.3) is 0 Å². The Balaban J connectivity index is 1.47. The Kier molecular flexibility index (Phi) is 5.74. The molecule has 5 heteroatoms. The second kappa shape index (κ2) is 8.26. The molecule has 0 unspecified atom stereocenters. The van der Waals surface area contributed by atoms with E-state index in [1.807, 2.05) is 12.1 Å². The van der Waals surface area contributed by atoms with Crippen molar-refractivity contribution in [2.24, 2.45) is 0 Å². The van der Waals surface area contributed by atoms with E-state index in [0.717, 1.165) is 62.8 Å². The monoisotopic (exact) mass is 387 g/mol. The molecule has 3 heterocycles. The van der Waals surface area contributed by atoms with Crippen LogP contribution in [0.2, 0.25) is 0 Å². The van der Waals surface area contributed by atoms with Crippen LogP contribution >= 0.6 is 0 Å². The van der Waals surface area contributed by atoms with Crippen molar-refractivity contribution in [2.75, 3.05) is 19.8 Å². The van der Waals surface area contributed by atoms with E-state index >= 15 is 0 Å². The lowest BCUT2D eigenvalue weighted by Crippen LogP contribution is -2.48. The van der Waals surface area contributed by atoms with Gasteiger partial charge >= 0.3 is 0 Å². The van der Waals surface area contributed by atoms with Gasteiger partial charge in [0.2, 0.25) is 0 Å². The Morgan fingerprint density at radius 1 is 1.00 bits per heavy atom. The fraction of sp³-hybridized carbons (Fsp3) is 0.522. The number of unbranched alkanes of at least 4 members (excludes halogenated alkanes) is 1. The predicted octanol–water partition coefficient (Wildman–Crippen LogP) is 4.98. The Hall–Kier alpha value is -1.85. The SMILES string of the molecule is Fc1ccc([C@]2(CCCCc3cccc(F)c3)CCO[C@]3(CCOC3)C2)nc1. The molecule has 28 heavy (non-hydrogen) atoms. The van der Waals surface area contributed by atoms with Crippen LogP contribution in [0.25, 0.3) is 0 Å². The maximum absolute atomic E-state index is 13.5. The van der Waals surface area contributed by atoms with E-state index in [-0.39, 0.29) is 22.7 Å². The third-order valence-corrected chi connectivity index (χ3v) is 6.25. The fourth-order valence-electron chi connectivity index (χ4n) is 4.80. The van der Waals surface area contributed by atoms with E-state index in [1.54, 1.807) is 12.1 Å². The molecule has 0 amide bonds. The number of halogens is 2. The number of hydrogen-bond acceptors (Lipinski definition) is 3. The summed E-state index contributed by atoms with van der Waals surface area (Å²) in [6.07, 6.45) is 7.77. The van der Waals surface area contributed by atoms with Crippen molar-refractivity contribution < 1.29 is 18.3 Å². The highest BCUT2D eigenvalue weighted by Gasteiger charge is 2.49. The molecule has 2 fully saturated rings. The number of rotatable bonds is 6. The van der Waals surface area contributed by atoms with E-state index < -0.39 is 0 Å². The second-order valence-corrected chi connectivity index (χ2v) is 8.24. The van der Waals surface area contributed by atoms with E-state index in [4.69, 9.17) is 9.47 Å². The Bertz CT molecular complexity index is 789. The number of aromatic nitrogens is 1. The lowest BCUT2D eigenvalue weighted by atomic mass is 9.67. The fourth-order valence-corrected chi connectivity index (χ4v) is 4.80. The van der Waals surface area contributed by atoms with Gasteiger partial charge in [-0.3, -0.25) is 4.98 Å². The number of benzene rings is 1. The molecule has 1 spiro atoms. The van der Waals surface area contributed by atoms with Gasteiger partial charge in [0.05, 0.1) is 18.4 Å². The standard InChI is InChI=1S/C23H27F2NO2/c24-19-6-3-5-18(14-19)4-1-2-9-22(21-8-7-20(25)15-26-21)10-13-28-23(16-22)11-12-27-17-23/h3,5-8,14-15H,1-2,4,9-13,16-17H2/t22-,23-/m1/s1. The highest BCUT2D eigenvalue weighted by Crippen LogP contribution is 2.47. The van der Waals surface area contributed by atoms with Crippen LogP contribution in [0.3, 0.4) is 0 Å². The van der Waals surface area contributed by atoms with Crippen molar-refractivity contribution in [2.45, 2.75) is 56.0 Å². The molecule has 1 aromatic heterocycles. The van der Waals surface area contributed by atoms with Crippen molar-refractivity contribution in [1.29, 1.82) is 0 Å². The van der Waals surface area contributed by atoms with Crippen molar-refractivity contribution in [3.05, 3.63) is 65.5 Å². The van der Waals surface area contributed by atoms with Gasteiger partial charge in [0.15, 0.2) is 0 Å². The number of ether oxygens (including phenoxy) is 2. The van der Waals surface area contributed by atoms with Gasteiger partial charge in [-0.05, 0) is 61.9 Å². The third-order valence-electron chi connectivity index (χ3n) is 6.25. The lowest BCUT2D eigenvalue weighted by Gasteiger charge is -2.45. The summed E-state index contributed by atoms with van der Waals surface area (Å²) in [5.41, 5.74) is 1.62. The molecule has 4 rings (SSSR count). The quantitative estimate of drug-likeness (QED) is 0.655. The van der Waals surface area contributed by atoms with E-state index in [1.165, 1.54) is 18.3 Å². The molecule has 2 atom stereocenters. The zero-order valence-electron chi connectivity index (χ0n) is 16.1. The lowest BCUT2D eigenvalue weighted by molar-refractivity contribution is -0.109. The van der Waals surface area contributed by atoms with Crippen LogP contribution in [0.1, 0.15) is 49.8 Å². The van der Waals surface area contributed by atoms with Crippen LogP contribution in [0.4, 0.5) is 8.78 Å². The van der Waals surface area contributed by atoms with Gasteiger partial charge in [-0.25, -0.2) is 8.78 Å². The summed E-state index contributed by atoms with van der Waals surface area (Å²) in [5, 5.41) is 0. The van der Waals surface area contributed by atoms with Gasteiger partial charge < -0.3 is 9.47 Å². The van der Waals surface area contributed by atoms with Crippen LogP contribution in [0.15, 0.2) is 42.6 Å². The van der Waals surface area contributed by atoms with E-state index in [0.29, 0.717) is 13.2 Å². The summed E-state index contributed by atoms with van der Waals surface area (Å²) in [4.78, 5) is 4.46. The average molecular weight is 387 g/mol. The molecular weight excluding hydrogens is 360 g/mol. The Morgan fingerprint density at radius 3 is 2.68 bits per heavy atom. The van der Waals surface area contributed by atoms with Crippen LogP contribution in [0, 0.1) is 11.6 Å². The zero-order valence-corrected chi connectivity index (χ0v) is 16.1. The smallest absolute Gasteiger partial charge is 0.141 e. The summed E-state index contributed by atoms with van der Waals surface area (Å²) in [6, 6.07) is 10.2. The molecule has 3 nitrogen and oxygen atoms in total. The molecule has 0 aliphatic carbocycles. The molecule has 2 aliphatic rings. The Morgan fingerprint density at radius 2 is 1.93 bits per heavy atom. The van der Waals surface area contributed by atoms with E-state index in [2.05, 4.69) is 4.98 Å².